The Morgan fingerprint density at radius 2 is 2.00 bits per heavy atom. The second-order valence-corrected chi connectivity index (χ2v) is 6.45. The molecule has 114 valence electrons. The van der Waals surface area contributed by atoms with Crippen LogP contribution in [0.15, 0.2) is 0 Å². The van der Waals surface area contributed by atoms with Crippen molar-refractivity contribution in [3.8, 4) is 0 Å². The molecule has 0 aliphatic rings. The highest BCUT2D eigenvalue weighted by Gasteiger charge is 2.17. The molecule has 1 atom stereocenters. The molecule has 3 N–H and O–H groups in total. The predicted octanol–water partition coefficient (Wildman–Crippen LogP) is 2.03. The van der Waals surface area contributed by atoms with Crippen molar-refractivity contribution in [3.05, 3.63) is 27.0 Å². The number of anilines is 1. The van der Waals surface area contributed by atoms with Gasteiger partial charge in [0.2, 0.25) is 5.91 Å². The van der Waals surface area contributed by atoms with Crippen molar-refractivity contribution in [2.45, 2.75) is 47.2 Å². The van der Waals surface area contributed by atoms with Gasteiger partial charge in [-0.25, -0.2) is 4.98 Å². The lowest BCUT2D eigenvalue weighted by Gasteiger charge is -2.13. The molecule has 0 aliphatic carbocycles. The zero-order valence-electron chi connectivity index (χ0n) is 13.0. The highest BCUT2D eigenvalue weighted by Crippen LogP contribution is 2.24. The second kappa shape index (κ2) is 5.85. The number of hydrogen-bond acceptors (Lipinski definition) is 5. The summed E-state index contributed by atoms with van der Waals surface area (Å²) < 4.78 is 1.64. The van der Waals surface area contributed by atoms with Crippen molar-refractivity contribution >= 4 is 22.9 Å². The summed E-state index contributed by atoms with van der Waals surface area (Å²) in [6, 6.07) is -0.0574. The summed E-state index contributed by atoms with van der Waals surface area (Å²) in [7, 11) is 0. The molecule has 1 unspecified atom stereocenters. The Labute approximate surface area is 128 Å². The van der Waals surface area contributed by atoms with Gasteiger partial charge < -0.3 is 11.1 Å². The third kappa shape index (κ3) is 3.24. The van der Waals surface area contributed by atoms with Gasteiger partial charge in [0.1, 0.15) is 6.54 Å². The molecule has 1 amide bonds. The lowest BCUT2D eigenvalue weighted by atomic mass is 10.2. The van der Waals surface area contributed by atoms with Crippen LogP contribution in [0, 0.1) is 27.7 Å². The first-order valence-corrected chi connectivity index (χ1v) is 7.64. The van der Waals surface area contributed by atoms with E-state index in [1.165, 1.54) is 0 Å². The summed E-state index contributed by atoms with van der Waals surface area (Å²) in [6.07, 6.45) is 0. The van der Waals surface area contributed by atoms with E-state index in [1.54, 1.807) is 16.0 Å². The van der Waals surface area contributed by atoms with E-state index in [2.05, 4.69) is 15.4 Å². The predicted molar refractivity (Wildman–Crippen MR) is 84.3 cm³/mol. The number of aryl methyl sites for hydroxylation is 3. The van der Waals surface area contributed by atoms with E-state index >= 15 is 0 Å². The van der Waals surface area contributed by atoms with E-state index < -0.39 is 0 Å². The molecule has 2 aromatic heterocycles. The minimum Gasteiger partial charge on any atom is -0.396 e. The molecule has 0 saturated heterocycles. The van der Waals surface area contributed by atoms with Gasteiger partial charge in [-0.1, -0.05) is 0 Å². The van der Waals surface area contributed by atoms with Crippen molar-refractivity contribution in [2.24, 2.45) is 0 Å². The molecular weight excluding hydrogens is 286 g/mol. The van der Waals surface area contributed by atoms with E-state index in [0.29, 0.717) is 5.69 Å². The fraction of sp³-hybridized carbons (Fsp3) is 0.500. The minimum absolute atomic E-state index is 0.0574. The maximum atomic E-state index is 12.2. The molecule has 0 spiro atoms. The van der Waals surface area contributed by atoms with E-state index in [9.17, 15) is 4.79 Å². The lowest BCUT2D eigenvalue weighted by molar-refractivity contribution is -0.122. The van der Waals surface area contributed by atoms with Crippen LogP contribution in [0.25, 0.3) is 0 Å². The molecule has 0 bridgehead atoms. The molecule has 2 aromatic rings. The number of amides is 1. The Bertz CT molecular complexity index is 673. The first kappa shape index (κ1) is 15.5. The lowest BCUT2D eigenvalue weighted by Crippen LogP contribution is -2.30. The van der Waals surface area contributed by atoms with Crippen LogP contribution in [-0.4, -0.2) is 20.7 Å². The topological polar surface area (TPSA) is 85.8 Å². The first-order valence-electron chi connectivity index (χ1n) is 6.82. The normalized spacial score (nSPS) is 12.4. The molecule has 6 nitrogen and oxygen atoms in total. The van der Waals surface area contributed by atoms with Gasteiger partial charge >= 0.3 is 0 Å². The van der Waals surface area contributed by atoms with Crippen molar-refractivity contribution in [3.63, 3.8) is 0 Å². The second-order valence-electron chi connectivity index (χ2n) is 5.21. The van der Waals surface area contributed by atoms with E-state index in [4.69, 9.17) is 5.73 Å². The number of hydrogen-bond donors (Lipinski definition) is 2. The maximum Gasteiger partial charge on any atom is 0.242 e. The number of carbonyl (C=O) groups excluding carboxylic acids is 1. The average Bonchev–Trinajstić information content (AvgIpc) is 2.84. The van der Waals surface area contributed by atoms with Crippen molar-refractivity contribution in [1.82, 2.24) is 20.1 Å². The molecule has 0 saturated carbocycles. The third-order valence-corrected chi connectivity index (χ3v) is 4.70. The first-order chi connectivity index (χ1) is 9.79. The Balaban J connectivity index is 2.04. The number of carbonyl (C=O) groups is 1. The number of nitrogens with zero attached hydrogens (tertiary/aromatic N) is 3. The summed E-state index contributed by atoms with van der Waals surface area (Å²) in [5, 5.41) is 8.27. The van der Waals surface area contributed by atoms with Crippen LogP contribution in [0.3, 0.4) is 0 Å². The van der Waals surface area contributed by atoms with E-state index in [0.717, 1.165) is 27.0 Å². The number of nitrogens with one attached hydrogen (secondary N) is 1. The van der Waals surface area contributed by atoms with Gasteiger partial charge in [0.05, 0.1) is 33.8 Å². The smallest absolute Gasteiger partial charge is 0.242 e. The Hall–Kier alpha value is -1.89. The number of nitrogens with two attached hydrogens (primary N) is 1. The quantitative estimate of drug-likeness (QED) is 0.905. The highest BCUT2D eigenvalue weighted by molar-refractivity contribution is 7.11. The summed E-state index contributed by atoms with van der Waals surface area (Å²) in [5.41, 5.74) is 9.06. The zero-order valence-corrected chi connectivity index (χ0v) is 13.8. The number of nitrogen functional groups attached to an aromatic ring is 1. The summed E-state index contributed by atoms with van der Waals surface area (Å²) >= 11 is 1.61. The van der Waals surface area contributed by atoms with Crippen LogP contribution in [-0.2, 0) is 11.3 Å². The molecule has 2 heterocycles. The van der Waals surface area contributed by atoms with Crippen LogP contribution in [0.4, 0.5) is 5.69 Å². The Kier molecular flexibility index (Phi) is 4.32. The molecule has 0 radical (unpaired) electrons. The van der Waals surface area contributed by atoms with Crippen molar-refractivity contribution in [1.29, 1.82) is 0 Å². The van der Waals surface area contributed by atoms with Gasteiger partial charge in [-0.2, -0.15) is 5.10 Å². The van der Waals surface area contributed by atoms with Crippen LogP contribution in [0.2, 0.25) is 0 Å². The fourth-order valence-electron chi connectivity index (χ4n) is 2.30. The van der Waals surface area contributed by atoms with Crippen LogP contribution >= 0.6 is 11.3 Å². The minimum atomic E-state index is -0.0847. The standard InChI is InChI=1S/C14H21N5OS/c1-7-13(15)10(4)19(18-7)6-12(20)17-9(3)14-8(2)16-11(5)21-14/h9H,6,15H2,1-5H3,(H,17,20). The zero-order chi connectivity index (χ0) is 15.7. The van der Waals surface area contributed by atoms with Crippen LogP contribution < -0.4 is 11.1 Å². The van der Waals surface area contributed by atoms with E-state index in [-0.39, 0.29) is 18.5 Å². The summed E-state index contributed by atoms with van der Waals surface area (Å²) in [6.45, 7) is 9.77. The van der Waals surface area contributed by atoms with Crippen molar-refractivity contribution in [2.75, 3.05) is 5.73 Å². The monoisotopic (exact) mass is 307 g/mol. The number of rotatable bonds is 4. The average molecular weight is 307 g/mol. The number of thiazole rings is 1. The van der Waals surface area contributed by atoms with Gasteiger partial charge in [0.15, 0.2) is 0 Å². The molecule has 0 aliphatic heterocycles. The van der Waals surface area contributed by atoms with Crippen molar-refractivity contribution < 1.29 is 4.79 Å². The summed E-state index contributed by atoms with van der Waals surface area (Å²) in [4.78, 5) is 17.6. The van der Waals surface area contributed by atoms with Gasteiger partial charge in [-0.3, -0.25) is 9.48 Å². The Morgan fingerprint density at radius 1 is 1.33 bits per heavy atom. The van der Waals surface area contributed by atoms with Crippen LogP contribution in [0.5, 0.6) is 0 Å². The third-order valence-electron chi connectivity index (χ3n) is 3.44. The summed E-state index contributed by atoms with van der Waals surface area (Å²) in [5.74, 6) is -0.0847. The van der Waals surface area contributed by atoms with Crippen LogP contribution in [0.1, 0.15) is 39.9 Å². The van der Waals surface area contributed by atoms with Gasteiger partial charge in [-0.15, -0.1) is 11.3 Å². The van der Waals surface area contributed by atoms with Gasteiger partial charge in [0.25, 0.3) is 0 Å². The molecule has 21 heavy (non-hydrogen) atoms. The molecule has 7 heteroatoms. The molecule has 0 aromatic carbocycles. The van der Waals surface area contributed by atoms with E-state index in [1.807, 2.05) is 34.6 Å². The highest BCUT2D eigenvalue weighted by atomic mass is 32.1. The van der Waals surface area contributed by atoms with Gasteiger partial charge in [-0.05, 0) is 34.6 Å². The van der Waals surface area contributed by atoms with Gasteiger partial charge in [0, 0.05) is 4.88 Å². The number of aromatic nitrogens is 3. The SMILES string of the molecule is Cc1nc(C)c(C(C)NC(=O)Cn2nc(C)c(N)c2C)s1. The maximum absolute atomic E-state index is 12.2. The Morgan fingerprint density at radius 3 is 2.48 bits per heavy atom. The fourth-order valence-corrected chi connectivity index (χ4v) is 3.23. The molecular formula is C14H21N5OS. The molecule has 2 rings (SSSR count). The molecule has 0 fully saturated rings. The largest absolute Gasteiger partial charge is 0.396 e.